The first-order valence-corrected chi connectivity index (χ1v) is 6.95. The summed E-state index contributed by atoms with van der Waals surface area (Å²) >= 11 is 1.46. The van der Waals surface area contributed by atoms with Crippen LogP contribution in [0.5, 0.6) is 0 Å². The van der Waals surface area contributed by atoms with E-state index in [4.69, 9.17) is 4.42 Å². The number of rotatable bonds is 7. The molecule has 1 aromatic heterocycles. The van der Waals surface area contributed by atoms with Crippen molar-refractivity contribution in [2.45, 2.75) is 55.2 Å². The lowest BCUT2D eigenvalue weighted by atomic mass is 9.96. The first kappa shape index (κ1) is 13.4. The SMILES string of the molecule is CC(CC(C)(NC1CC1)C(=O)O)Sc1ncco1. The van der Waals surface area contributed by atoms with Gasteiger partial charge in [0.2, 0.25) is 0 Å². The smallest absolute Gasteiger partial charge is 0.323 e. The van der Waals surface area contributed by atoms with Crippen LogP contribution in [0, 0.1) is 0 Å². The van der Waals surface area contributed by atoms with E-state index in [1.54, 1.807) is 13.1 Å². The molecule has 0 bridgehead atoms. The van der Waals surface area contributed by atoms with E-state index in [0.29, 0.717) is 17.7 Å². The van der Waals surface area contributed by atoms with Crippen LogP contribution in [0.3, 0.4) is 0 Å². The summed E-state index contributed by atoms with van der Waals surface area (Å²) < 4.78 is 5.16. The molecule has 100 valence electrons. The highest BCUT2D eigenvalue weighted by molar-refractivity contribution is 7.99. The third kappa shape index (κ3) is 3.49. The van der Waals surface area contributed by atoms with Gasteiger partial charge in [-0.05, 0) is 26.2 Å². The maximum Gasteiger partial charge on any atom is 0.323 e. The van der Waals surface area contributed by atoms with Gasteiger partial charge in [0.1, 0.15) is 11.8 Å². The molecule has 2 N–H and O–H groups in total. The summed E-state index contributed by atoms with van der Waals surface area (Å²) in [6, 6.07) is 0.366. The Morgan fingerprint density at radius 1 is 1.78 bits per heavy atom. The van der Waals surface area contributed by atoms with Gasteiger partial charge in [0.05, 0.1) is 6.20 Å². The van der Waals surface area contributed by atoms with E-state index < -0.39 is 11.5 Å². The fraction of sp³-hybridized carbons (Fsp3) is 0.667. The van der Waals surface area contributed by atoms with Gasteiger partial charge in [0, 0.05) is 11.3 Å². The second kappa shape index (κ2) is 5.32. The van der Waals surface area contributed by atoms with Crippen molar-refractivity contribution in [3.63, 3.8) is 0 Å². The molecule has 0 saturated heterocycles. The van der Waals surface area contributed by atoms with Crippen LogP contribution >= 0.6 is 11.8 Å². The summed E-state index contributed by atoms with van der Waals surface area (Å²) in [4.78, 5) is 15.4. The van der Waals surface area contributed by atoms with Gasteiger partial charge in [-0.1, -0.05) is 18.7 Å². The molecule has 1 aromatic rings. The van der Waals surface area contributed by atoms with Crippen LogP contribution < -0.4 is 5.32 Å². The monoisotopic (exact) mass is 270 g/mol. The Kier molecular flexibility index (Phi) is 3.97. The number of thioether (sulfide) groups is 1. The van der Waals surface area contributed by atoms with Crippen LogP contribution in [0.1, 0.15) is 33.1 Å². The van der Waals surface area contributed by atoms with E-state index in [1.807, 2.05) is 6.92 Å². The van der Waals surface area contributed by atoms with Crippen molar-refractivity contribution in [3.8, 4) is 0 Å². The molecular formula is C12H18N2O3S. The van der Waals surface area contributed by atoms with Crippen LogP contribution in [-0.2, 0) is 4.79 Å². The molecule has 2 rings (SSSR count). The standard InChI is InChI=1S/C12H18N2O3S/c1-8(18-11-13-5-6-17-11)7-12(2,10(15)16)14-9-3-4-9/h5-6,8-9,14H,3-4,7H2,1-2H3,(H,15,16). The molecule has 1 aliphatic rings. The minimum atomic E-state index is -0.875. The summed E-state index contributed by atoms with van der Waals surface area (Å²) in [5.41, 5.74) is -0.875. The highest BCUT2D eigenvalue weighted by atomic mass is 32.2. The fourth-order valence-corrected chi connectivity index (χ4v) is 2.94. The second-order valence-electron chi connectivity index (χ2n) is 4.99. The Morgan fingerprint density at radius 3 is 3.00 bits per heavy atom. The van der Waals surface area contributed by atoms with Crippen molar-refractivity contribution in [3.05, 3.63) is 12.5 Å². The van der Waals surface area contributed by atoms with Crippen molar-refractivity contribution in [1.82, 2.24) is 10.3 Å². The zero-order valence-electron chi connectivity index (χ0n) is 10.5. The Morgan fingerprint density at radius 2 is 2.50 bits per heavy atom. The molecular weight excluding hydrogens is 252 g/mol. The van der Waals surface area contributed by atoms with Crippen LogP contribution in [0.25, 0.3) is 0 Å². The molecule has 0 aliphatic heterocycles. The summed E-state index contributed by atoms with van der Waals surface area (Å²) in [6.07, 6.45) is 5.79. The van der Waals surface area contributed by atoms with E-state index in [-0.39, 0.29) is 5.25 Å². The largest absolute Gasteiger partial charge is 0.480 e. The van der Waals surface area contributed by atoms with Crippen molar-refractivity contribution in [1.29, 1.82) is 0 Å². The molecule has 6 heteroatoms. The van der Waals surface area contributed by atoms with E-state index in [1.165, 1.54) is 18.0 Å². The number of nitrogens with one attached hydrogen (secondary N) is 1. The van der Waals surface area contributed by atoms with Gasteiger partial charge >= 0.3 is 5.97 Å². The normalized spacial score (nSPS) is 20.3. The Bertz CT molecular complexity index is 405. The molecule has 5 nitrogen and oxygen atoms in total. The lowest BCUT2D eigenvalue weighted by Gasteiger charge is -2.28. The molecule has 1 saturated carbocycles. The molecule has 2 atom stereocenters. The topological polar surface area (TPSA) is 75.4 Å². The number of carbonyl (C=O) groups is 1. The lowest BCUT2D eigenvalue weighted by molar-refractivity contribution is -0.144. The molecule has 0 radical (unpaired) electrons. The van der Waals surface area contributed by atoms with Gasteiger partial charge in [-0.3, -0.25) is 10.1 Å². The lowest BCUT2D eigenvalue weighted by Crippen LogP contribution is -2.51. The molecule has 0 aromatic carbocycles. The number of aliphatic carboxylic acids is 1. The number of carboxylic acid groups (broad SMARTS) is 1. The minimum absolute atomic E-state index is 0.121. The van der Waals surface area contributed by atoms with Gasteiger partial charge in [-0.15, -0.1) is 0 Å². The van der Waals surface area contributed by atoms with Crippen LogP contribution in [-0.4, -0.2) is 32.9 Å². The van der Waals surface area contributed by atoms with Gasteiger partial charge in [-0.25, -0.2) is 4.98 Å². The molecule has 18 heavy (non-hydrogen) atoms. The number of oxazole rings is 1. The van der Waals surface area contributed by atoms with Gasteiger partial charge in [-0.2, -0.15) is 0 Å². The number of carboxylic acids is 1. The summed E-state index contributed by atoms with van der Waals surface area (Å²) in [6.45, 7) is 3.74. The Hall–Kier alpha value is -1.01. The average molecular weight is 270 g/mol. The quantitative estimate of drug-likeness (QED) is 0.739. The van der Waals surface area contributed by atoms with Crippen LogP contribution in [0.4, 0.5) is 0 Å². The van der Waals surface area contributed by atoms with Gasteiger partial charge in [0.25, 0.3) is 5.22 Å². The van der Waals surface area contributed by atoms with E-state index in [0.717, 1.165) is 12.8 Å². The molecule has 1 aliphatic carbocycles. The fourth-order valence-electron chi connectivity index (χ4n) is 1.94. The summed E-state index contributed by atoms with van der Waals surface area (Å²) in [5, 5.41) is 13.3. The maximum absolute atomic E-state index is 11.4. The first-order valence-electron chi connectivity index (χ1n) is 6.07. The minimum Gasteiger partial charge on any atom is -0.480 e. The van der Waals surface area contributed by atoms with E-state index in [2.05, 4.69) is 10.3 Å². The maximum atomic E-state index is 11.4. The Labute approximate surface area is 110 Å². The van der Waals surface area contributed by atoms with E-state index in [9.17, 15) is 9.90 Å². The van der Waals surface area contributed by atoms with Crippen molar-refractivity contribution >= 4 is 17.7 Å². The molecule has 0 amide bonds. The molecule has 2 unspecified atom stereocenters. The molecule has 1 heterocycles. The van der Waals surface area contributed by atoms with Gasteiger partial charge < -0.3 is 9.52 Å². The Balaban J connectivity index is 1.92. The third-order valence-electron chi connectivity index (χ3n) is 2.98. The van der Waals surface area contributed by atoms with Crippen molar-refractivity contribution < 1.29 is 14.3 Å². The predicted octanol–water partition coefficient (Wildman–Crippen LogP) is 2.14. The zero-order valence-corrected chi connectivity index (χ0v) is 11.4. The number of hydrogen-bond donors (Lipinski definition) is 2. The predicted molar refractivity (Wildman–Crippen MR) is 68.6 cm³/mol. The van der Waals surface area contributed by atoms with Crippen LogP contribution in [0.15, 0.2) is 22.1 Å². The summed E-state index contributed by atoms with van der Waals surface area (Å²) in [5.74, 6) is -0.797. The summed E-state index contributed by atoms with van der Waals surface area (Å²) in [7, 11) is 0. The molecule has 1 fully saturated rings. The third-order valence-corrected chi connectivity index (χ3v) is 3.95. The van der Waals surface area contributed by atoms with E-state index >= 15 is 0 Å². The molecule has 0 spiro atoms. The first-order chi connectivity index (χ1) is 8.49. The van der Waals surface area contributed by atoms with Crippen LogP contribution in [0.2, 0.25) is 0 Å². The van der Waals surface area contributed by atoms with Crippen molar-refractivity contribution in [2.24, 2.45) is 0 Å². The average Bonchev–Trinajstić information content (AvgIpc) is 2.92. The highest BCUT2D eigenvalue weighted by Gasteiger charge is 2.39. The zero-order chi connectivity index (χ0) is 13.2. The number of aromatic nitrogens is 1. The second-order valence-corrected chi connectivity index (χ2v) is 6.38. The van der Waals surface area contributed by atoms with Crippen molar-refractivity contribution in [2.75, 3.05) is 0 Å². The number of hydrogen-bond acceptors (Lipinski definition) is 5. The van der Waals surface area contributed by atoms with Gasteiger partial charge in [0.15, 0.2) is 0 Å². The highest BCUT2D eigenvalue weighted by Crippen LogP contribution is 2.30. The number of nitrogens with zero attached hydrogens (tertiary/aromatic N) is 1.